The fourth-order valence-electron chi connectivity index (χ4n) is 2.95. The smallest absolute Gasteiger partial charge is 0.338 e. The number of esters is 1. The molecule has 2 aromatic rings. The highest BCUT2D eigenvalue weighted by Gasteiger charge is 2.33. The van der Waals surface area contributed by atoms with Crippen LogP contribution in [-0.4, -0.2) is 18.6 Å². The van der Waals surface area contributed by atoms with Crippen molar-refractivity contribution in [2.45, 2.75) is 26.8 Å². The predicted octanol–water partition coefficient (Wildman–Crippen LogP) is 2.29. The normalized spacial score (nSPS) is 17.2. The summed E-state index contributed by atoms with van der Waals surface area (Å²) in [6.45, 7) is 5.43. The minimum atomic E-state index is -0.804. The van der Waals surface area contributed by atoms with Crippen LogP contribution in [0.25, 0.3) is 11.0 Å². The fraction of sp³-hybridized carbons (Fsp3) is 0.278. The van der Waals surface area contributed by atoms with Crippen LogP contribution in [0.5, 0.6) is 0 Å². The summed E-state index contributed by atoms with van der Waals surface area (Å²) >= 11 is 0. The number of benzene rings is 1. The van der Waals surface area contributed by atoms with Crippen molar-refractivity contribution in [3.8, 4) is 0 Å². The average molecular weight is 342 g/mol. The van der Waals surface area contributed by atoms with Crippen LogP contribution in [0.3, 0.4) is 0 Å². The molecular formula is C18H18N2O5. The maximum atomic E-state index is 12.4. The van der Waals surface area contributed by atoms with Crippen LogP contribution >= 0.6 is 0 Å². The van der Waals surface area contributed by atoms with Gasteiger partial charge in [-0.3, -0.25) is 0 Å². The Kier molecular flexibility index (Phi) is 4.31. The van der Waals surface area contributed by atoms with Gasteiger partial charge in [0.05, 0.1) is 18.2 Å². The van der Waals surface area contributed by atoms with Gasteiger partial charge in [0.25, 0.3) is 0 Å². The summed E-state index contributed by atoms with van der Waals surface area (Å²) in [5.41, 5.74) is 1.94. The zero-order valence-electron chi connectivity index (χ0n) is 14.1. The third-order valence-electron chi connectivity index (χ3n) is 4.01. The quantitative estimate of drug-likeness (QED) is 0.659. The van der Waals surface area contributed by atoms with Crippen molar-refractivity contribution >= 4 is 23.0 Å². The van der Waals surface area contributed by atoms with E-state index in [0.29, 0.717) is 22.2 Å². The summed E-state index contributed by atoms with van der Waals surface area (Å²) in [7, 11) is 0. The number of allylic oxidation sites excluding steroid dienone is 1. The van der Waals surface area contributed by atoms with Gasteiger partial charge in [0, 0.05) is 17.1 Å². The van der Waals surface area contributed by atoms with Crippen molar-refractivity contribution in [2.75, 3.05) is 6.61 Å². The zero-order chi connectivity index (χ0) is 18.1. The minimum Gasteiger partial charge on any atom is -0.463 e. The molecule has 2 N–H and O–H groups in total. The first-order valence-corrected chi connectivity index (χ1v) is 7.90. The number of carbonyl (C=O) groups is 2. The number of carbonyl (C=O) groups excluding carboxylic acids is 2. The third-order valence-corrected chi connectivity index (χ3v) is 4.01. The Morgan fingerprint density at radius 1 is 1.24 bits per heavy atom. The van der Waals surface area contributed by atoms with Crippen LogP contribution in [-0.2, 0) is 9.53 Å². The summed E-state index contributed by atoms with van der Waals surface area (Å²) in [5, 5.41) is 5.93. The molecule has 1 aliphatic heterocycles. The van der Waals surface area contributed by atoms with E-state index in [0.717, 1.165) is 5.56 Å². The van der Waals surface area contributed by atoms with Gasteiger partial charge in [-0.15, -0.1) is 0 Å². The zero-order valence-corrected chi connectivity index (χ0v) is 14.1. The molecule has 2 amide bonds. The molecule has 7 nitrogen and oxygen atoms in total. The Morgan fingerprint density at radius 3 is 2.72 bits per heavy atom. The Morgan fingerprint density at radius 2 is 2.00 bits per heavy atom. The summed E-state index contributed by atoms with van der Waals surface area (Å²) in [4.78, 5) is 36.3. The molecule has 0 fully saturated rings. The number of rotatable bonds is 3. The summed E-state index contributed by atoms with van der Waals surface area (Å²) in [6.07, 6.45) is 0. The second kappa shape index (κ2) is 6.43. The molecular weight excluding hydrogens is 324 g/mol. The first kappa shape index (κ1) is 16.8. The molecule has 0 radical (unpaired) electrons. The van der Waals surface area contributed by atoms with Crippen LogP contribution in [0.15, 0.2) is 44.7 Å². The van der Waals surface area contributed by atoms with Crippen LogP contribution in [0.2, 0.25) is 0 Å². The lowest BCUT2D eigenvalue weighted by molar-refractivity contribution is -0.139. The lowest BCUT2D eigenvalue weighted by Gasteiger charge is -2.28. The lowest BCUT2D eigenvalue weighted by atomic mass is 9.93. The van der Waals surface area contributed by atoms with Gasteiger partial charge in [-0.1, -0.05) is 11.6 Å². The molecule has 0 saturated heterocycles. The maximum absolute atomic E-state index is 12.4. The van der Waals surface area contributed by atoms with E-state index in [-0.39, 0.29) is 12.2 Å². The molecule has 1 unspecified atom stereocenters. The topological polar surface area (TPSA) is 97.6 Å². The van der Waals surface area contributed by atoms with Gasteiger partial charge in [0.15, 0.2) is 0 Å². The highest BCUT2D eigenvalue weighted by Crippen LogP contribution is 2.32. The first-order valence-electron chi connectivity index (χ1n) is 7.90. The Hall–Kier alpha value is -3.09. The van der Waals surface area contributed by atoms with Gasteiger partial charge in [-0.25, -0.2) is 14.4 Å². The summed E-state index contributed by atoms with van der Waals surface area (Å²) in [6, 6.07) is 5.40. The highest BCUT2D eigenvalue weighted by atomic mass is 16.5. The summed E-state index contributed by atoms with van der Waals surface area (Å²) in [5.74, 6) is -0.549. The van der Waals surface area contributed by atoms with E-state index in [2.05, 4.69) is 10.6 Å². The Labute approximate surface area is 143 Å². The van der Waals surface area contributed by atoms with Gasteiger partial charge in [-0.2, -0.15) is 0 Å². The molecule has 1 aliphatic rings. The largest absolute Gasteiger partial charge is 0.463 e. The number of aryl methyl sites for hydroxylation is 1. The number of nitrogens with one attached hydrogen (secondary N) is 2. The molecule has 0 spiro atoms. The first-order chi connectivity index (χ1) is 11.9. The van der Waals surface area contributed by atoms with Crippen molar-refractivity contribution < 1.29 is 18.7 Å². The second-order valence-corrected chi connectivity index (χ2v) is 5.81. The number of hydrogen-bond acceptors (Lipinski definition) is 5. The van der Waals surface area contributed by atoms with E-state index < -0.39 is 23.7 Å². The number of fused-ring (bicyclic) bond motifs is 1. The van der Waals surface area contributed by atoms with Crippen LogP contribution < -0.4 is 16.3 Å². The van der Waals surface area contributed by atoms with E-state index in [1.807, 2.05) is 19.1 Å². The van der Waals surface area contributed by atoms with Crippen molar-refractivity contribution in [1.29, 1.82) is 0 Å². The van der Waals surface area contributed by atoms with Gasteiger partial charge in [0.2, 0.25) is 0 Å². The molecule has 1 aromatic carbocycles. The van der Waals surface area contributed by atoms with Crippen LogP contribution in [0.1, 0.15) is 31.0 Å². The van der Waals surface area contributed by atoms with Crippen LogP contribution in [0, 0.1) is 6.92 Å². The monoisotopic (exact) mass is 342 g/mol. The van der Waals surface area contributed by atoms with Crippen molar-refractivity contribution in [3.05, 3.63) is 57.1 Å². The van der Waals surface area contributed by atoms with Gasteiger partial charge < -0.3 is 19.8 Å². The van der Waals surface area contributed by atoms with Gasteiger partial charge >= 0.3 is 17.6 Å². The SMILES string of the molecule is CCOC(=O)C1=C(C)NC(=O)NC1c1cc(=O)oc2ccc(C)cc12. The molecule has 25 heavy (non-hydrogen) atoms. The average Bonchev–Trinajstić information content (AvgIpc) is 2.54. The number of urea groups is 1. The molecule has 3 rings (SSSR count). The minimum absolute atomic E-state index is 0.201. The molecule has 130 valence electrons. The van der Waals surface area contributed by atoms with E-state index >= 15 is 0 Å². The fourth-order valence-corrected chi connectivity index (χ4v) is 2.95. The van der Waals surface area contributed by atoms with E-state index in [4.69, 9.17) is 9.15 Å². The molecule has 0 aliphatic carbocycles. The van der Waals surface area contributed by atoms with E-state index in [1.54, 1.807) is 19.9 Å². The van der Waals surface area contributed by atoms with Gasteiger partial charge in [-0.05, 0) is 38.5 Å². The predicted molar refractivity (Wildman–Crippen MR) is 91.0 cm³/mol. The maximum Gasteiger partial charge on any atom is 0.338 e. The third kappa shape index (κ3) is 3.13. The van der Waals surface area contributed by atoms with Gasteiger partial charge in [0.1, 0.15) is 5.58 Å². The number of hydrogen-bond donors (Lipinski definition) is 2. The molecule has 0 saturated carbocycles. The second-order valence-electron chi connectivity index (χ2n) is 5.81. The highest BCUT2D eigenvalue weighted by molar-refractivity contribution is 5.96. The Bertz CT molecular complexity index is 958. The molecule has 1 atom stereocenters. The molecule has 0 bridgehead atoms. The van der Waals surface area contributed by atoms with Crippen molar-refractivity contribution in [1.82, 2.24) is 10.6 Å². The molecule has 7 heteroatoms. The van der Waals surface area contributed by atoms with Crippen molar-refractivity contribution in [3.63, 3.8) is 0 Å². The standard InChI is InChI=1S/C18H18N2O5/c1-4-24-17(22)15-10(3)19-18(23)20-16(15)12-8-14(21)25-13-6-5-9(2)7-11(12)13/h5-8,16H,4H2,1-3H3,(H2,19,20,23). The summed E-state index contributed by atoms with van der Waals surface area (Å²) < 4.78 is 10.3. The lowest BCUT2D eigenvalue weighted by Crippen LogP contribution is -2.45. The van der Waals surface area contributed by atoms with E-state index in [1.165, 1.54) is 6.07 Å². The number of ether oxygens (including phenoxy) is 1. The number of amides is 2. The van der Waals surface area contributed by atoms with Crippen LogP contribution in [0.4, 0.5) is 4.79 Å². The van der Waals surface area contributed by atoms with E-state index in [9.17, 15) is 14.4 Å². The molecule has 1 aromatic heterocycles. The van der Waals surface area contributed by atoms with Crippen molar-refractivity contribution in [2.24, 2.45) is 0 Å². The molecule has 2 heterocycles. The Balaban J connectivity index is 2.25.